The van der Waals surface area contributed by atoms with Crippen LogP contribution in [0.3, 0.4) is 0 Å². The lowest BCUT2D eigenvalue weighted by Crippen LogP contribution is -2.19. The zero-order chi connectivity index (χ0) is 14.3. The Morgan fingerprint density at radius 1 is 1.25 bits per heavy atom. The second-order valence-corrected chi connectivity index (χ2v) is 4.86. The van der Waals surface area contributed by atoms with Crippen LogP contribution in [0.4, 0.5) is 0 Å². The van der Waals surface area contributed by atoms with E-state index >= 15 is 0 Å². The quantitative estimate of drug-likeness (QED) is 0.700. The van der Waals surface area contributed by atoms with Crippen molar-refractivity contribution >= 4 is 5.65 Å². The van der Waals surface area contributed by atoms with Crippen LogP contribution in [0.2, 0.25) is 0 Å². The maximum Gasteiger partial charge on any atom is 0.269 e. The lowest BCUT2D eigenvalue weighted by molar-refractivity contribution is 0.455. The van der Waals surface area contributed by atoms with Crippen molar-refractivity contribution in [1.29, 1.82) is 0 Å². The van der Waals surface area contributed by atoms with Crippen molar-refractivity contribution in [1.82, 2.24) is 29.6 Å². The van der Waals surface area contributed by atoms with Crippen molar-refractivity contribution in [3.8, 4) is 11.4 Å². The molecule has 3 rings (SSSR count). The SMILES string of the molecule is Cc1cccc2ncc(-c3nnn(C(C)C)n3)c(=O)n12. The van der Waals surface area contributed by atoms with E-state index in [1.807, 2.05) is 32.9 Å². The first-order valence-corrected chi connectivity index (χ1v) is 6.35. The average molecular weight is 270 g/mol. The number of pyridine rings is 1. The maximum absolute atomic E-state index is 12.5. The van der Waals surface area contributed by atoms with Crippen LogP contribution in [0.15, 0.2) is 29.2 Å². The molecule has 102 valence electrons. The minimum atomic E-state index is -0.184. The van der Waals surface area contributed by atoms with E-state index in [-0.39, 0.29) is 11.6 Å². The summed E-state index contributed by atoms with van der Waals surface area (Å²) in [4.78, 5) is 18.3. The van der Waals surface area contributed by atoms with E-state index in [0.717, 1.165) is 5.69 Å². The fourth-order valence-electron chi connectivity index (χ4n) is 1.98. The third-order valence-electron chi connectivity index (χ3n) is 3.05. The van der Waals surface area contributed by atoms with Crippen LogP contribution >= 0.6 is 0 Å². The van der Waals surface area contributed by atoms with Crippen molar-refractivity contribution in [2.24, 2.45) is 0 Å². The molecule has 0 N–H and O–H groups in total. The van der Waals surface area contributed by atoms with Crippen LogP contribution in [0.1, 0.15) is 25.6 Å². The third-order valence-corrected chi connectivity index (χ3v) is 3.05. The van der Waals surface area contributed by atoms with Crippen LogP contribution in [0, 0.1) is 6.92 Å². The van der Waals surface area contributed by atoms with Gasteiger partial charge in [0.05, 0.1) is 6.04 Å². The van der Waals surface area contributed by atoms with Crippen molar-refractivity contribution < 1.29 is 0 Å². The second-order valence-electron chi connectivity index (χ2n) is 4.86. The molecule has 0 saturated heterocycles. The van der Waals surface area contributed by atoms with Crippen LogP contribution in [0.5, 0.6) is 0 Å². The Bertz CT molecular complexity index is 832. The topological polar surface area (TPSA) is 78.0 Å². The van der Waals surface area contributed by atoms with Crippen molar-refractivity contribution in [3.05, 3.63) is 40.4 Å². The molecule has 7 heteroatoms. The summed E-state index contributed by atoms with van der Waals surface area (Å²) < 4.78 is 1.55. The Morgan fingerprint density at radius 3 is 2.75 bits per heavy atom. The summed E-state index contributed by atoms with van der Waals surface area (Å²) in [6.45, 7) is 5.75. The zero-order valence-electron chi connectivity index (χ0n) is 11.5. The molecule has 0 atom stereocenters. The molecule has 3 aromatic heterocycles. The number of rotatable bonds is 2. The summed E-state index contributed by atoms with van der Waals surface area (Å²) >= 11 is 0. The van der Waals surface area contributed by atoms with Gasteiger partial charge in [0.2, 0.25) is 5.82 Å². The van der Waals surface area contributed by atoms with E-state index in [9.17, 15) is 4.79 Å². The fourth-order valence-corrected chi connectivity index (χ4v) is 1.98. The molecule has 0 fully saturated rings. The molecular formula is C13H14N6O. The first-order chi connectivity index (χ1) is 9.58. The Kier molecular flexibility index (Phi) is 2.81. The van der Waals surface area contributed by atoms with Gasteiger partial charge in [0.25, 0.3) is 5.56 Å². The van der Waals surface area contributed by atoms with E-state index in [1.165, 1.54) is 11.0 Å². The van der Waals surface area contributed by atoms with Crippen LogP contribution in [-0.4, -0.2) is 29.6 Å². The molecule has 0 aliphatic rings. The third kappa shape index (κ3) is 1.87. The highest BCUT2D eigenvalue weighted by molar-refractivity contribution is 5.54. The average Bonchev–Trinajstić information content (AvgIpc) is 2.89. The summed E-state index contributed by atoms with van der Waals surface area (Å²) in [5.41, 5.74) is 1.59. The second kappa shape index (κ2) is 4.52. The van der Waals surface area contributed by atoms with E-state index in [2.05, 4.69) is 20.4 Å². The monoisotopic (exact) mass is 270 g/mol. The number of fused-ring (bicyclic) bond motifs is 1. The van der Waals surface area contributed by atoms with E-state index in [1.54, 1.807) is 10.5 Å². The van der Waals surface area contributed by atoms with Gasteiger partial charge in [-0.25, -0.2) is 4.98 Å². The van der Waals surface area contributed by atoms with Crippen LogP contribution in [0.25, 0.3) is 17.0 Å². The largest absolute Gasteiger partial charge is 0.269 e. The zero-order valence-corrected chi connectivity index (χ0v) is 11.5. The molecule has 0 aromatic carbocycles. The van der Waals surface area contributed by atoms with Gasteiger partial charge >= 0.3 is 0 Å². The minimum Gasteiger partial charge on any atom is -0.268 e. The Labute approximate surface area is 114 Å². The Hall–Kier alpha value is -2.57. The molecule has 3 aromatic rings. The highest BCUT2D eigenvalue weighted by Gasteiger charge is 2.14. The number of hydrogen-bond donors (Lipinski definition) is 0. The van der Waals surface area contributed by atoms with Gasteiger partial charge in [-0.05, 0) is 38.1 Å². The Balaban J connectivity index is 2.24. The predicted molar refractivity (Wildman–Crippen MR) is 73.4 cm³/mol. The smallest absolute Gasteiger partial charge is 0.268 e. The van der Waals surface area contributed by atoms with Crippen molar-refractivity contribution in [2.75, 3.05) is 0 Å². The van der Waals surface area contributed by atoms with Gasteiger partial charge in [0, 0.05) is 11.9 Å². The molecule has 3 heterocycles. The summed E-state index contributed by atoms with van der Waals surface area (Å²) in [5, 5.41) is 12.1. The summed E-state index contributed by atoms with van der Waals surface area (Å²) in [6, 6.07) is 5.60. The summed E-state index contributed by atoms with van der Waals surface area (Å²) in [7, 11) is 0. The molecule has 20 heavy (non-hydrogen) atoms. The first kappa shape index (κ1) is 12.5. The number of aromatic nitrogens is 6. The van der Waals surface area contributed by atoms with Crippen LogP contribution < -0.4 is 5.56 Å². The summed E-state index contributed by atoms with van der Waals surface area (Å²) in [6.07, 6.45) is 1.50. The number of nitrogens with zero attached hydrogens (tertiary/aromatic N) is 6. The standard InChI is InChI=1S/C13H14N6O/c1-8(2)19-16-12(15-17-19)10-7-14-11-6-4-5-9(3)18(11)13(10)20/h4-8H,1-3H3. The van der Waals surface area contributed by atoms with Gasteiger partial charge < -0.3 is 0 Å². The maximum atomic E-state index is 12.5. The van der Waals surface area contributed by atoms with Gasteiger partial charge in [0.15, 0.2) is 0 Å². The van der Waals surface area contributed by atoms with Crippen LogP contribution in [-0.2, 0) is 0 Å². The lowest BCUT2D eigenvalue weighted by atomic mass is 10.3. The molecule has 0 bridgehead atoms. The molecule has 7 nitrogen and oxygen atoms in total. The van der Waals surface area contributed by atoms with Gasteiger partial charge in [-0.2, -0.15) is 4.80 Å². The fraction of sp³-hybridized carbons (Fsp3) is 0.308. The normalized spacial score (nSPS) is 11.4. The molecular weight excluding hydrogens is 256 g/mol. The molecule has 0 unspecified atom stereocenters. The lowest BCUT2D eigenvalue weighted by Gasteiger charge is -2.04. The van der Waals surface area contributed by atoms with Crippen molar-refractivity contribution in [2.45, 2.75) is 26.8 Å². The molecule has 0 saturated carbocycles. The molecule has 0 radical (unpaired) electrons. The predicted octanol–water partition coefficient (Wildman–Crippen LogP) is 1.24. The highest BCUT2D eigenvalue weighted by Crippen LogP contribution is 2.10. The first-order valence-electron chi connectivity index (χ1n) is 6.35. The van der Waals surface area contributed by atoms with Gasteiger partial charge in [-0.15, -0.1) is 10.2 Å². The van der Waals surface area contributed by atoms with Gasteiger partial charge in [-0.1, -0.05) is 6.07 Å². The van der Waals surface area contributed by atoms with E-state index in [4.69, 9.17) is 0 Å². The molecule has 0 spiro atoms. The van der Waals surface area contributed by atoms with Crippen molar-refractivity contribution in [3.63, 3.8) is 0 Å². The van der Waals surface area contributed by atoms with Gasteiger partial charge in [0.1, 0.15) is 11.2 Å². The summed E-state index contributed by atoms with van der Waals surface area (Å²) in [5.74, 6) is 0.300. The minimum absolute atomic E-state index is 0.0918. The number of tetrazole rings is 1. The highest BCUT2D eigenvalue weighted by atomic mass is 16.1. The molecule has 0 aliphatic carbocycles. The number of aryl methyl sites for hydroxylation is 1. The van der Waals surface area contributed by atoms with E-state index in [0.29, 0.717) is 17.0 Å². The van der Waals surface area contributed by atoms with E-state index < -0.39 is 0 Å². The number of hydrogen-bond acceptors (Lipinski definition) is 5. The molecule has 0 aliphatic heterocycles. The molecule has 0 amide bonds. The Morgan fingerprint density at radius 2 is 2.05 bits per heavy atom. The van der Waals surface area contributed by atoms with Gasteiger partial charge in [-0.3, -0.25) is 9.20 Å².